The van der Waals surface area contributed by atoms with Crippen LogP contribution in [-0.2, 0) is 17.7 Å². The molecule has 0 bridgehead atoms. The molecular formula is C20H23N3O3S. The summed E-state index contributed by atoms with van der Waals surface area (Å²) >= 11 is 1.69. The molecule has 0 spiro atoms. The van der Waals surface area contributed by atoms with Gasteiger partial charge in [-0.2, -0.15) is 0 Å². The van der Waals surface area contributed by atoms with E-state index in [9.17, 15) is 9.59 Å². The van der Waals surface area contributed by atoms with Gasteiger partial charge in [0.15, 0.2) is 0 Å². The van der Waals surface area contributed by atoms with Gasteiger partial charge in [-0.15, -0.1) is 11.3 Å². The second-order valence-corrected chi connectivity index (χ2v) is 8.29. The van der Waals surface area contributed by atoms with E-state index in [1.54, 1.807) is 23.5 Å². The minimum absolute atomic E-state index is 0.0266. The van der Waals surface area contributed by atoms with Crippen LogP contribution in [0.4, 0.5) is 5.00 Å². The lowest BCUT2D eigenvalue weighted by Gasteiger charge is -2.31. The number of methoxy groups -OCH3 is 1. The van der Waals surface area contributed by atoms with E-state index in [1.165, 1.54) is 17.6 Å². The van der Waals surface area contributed by atoms with Crippen LogP contribution in [0, 0.1) is 0 Å². The van der Waals surface area contributed by atoms with Crippen molar-refractivity contribution >= 4 is 28.2 Å². The van der Waals surface area contributed by atoms with Crippen molar-refractivity contribution in [3.8, 4) is 0 Å². The second kappa shape index (κ2) is 6.98. The van der Waals surface area contributed by atoms with Gasteiger partial charge in [0.25, 0.3) is 5.91 Å². The SMILES string of the molecule is COC(=O)c1ccc([C@H]2NC(=O)c3c(sc4c3CCN(C(C)C)C4)N2)cc1. The highest BCUT2D eigenvalue weighted by Crippen LogP contribution is 2.41. The zero-order chi connectivity index (χ0) is 19.1. The van der Waals surface area contributed by atoms with Crippen LogP contribution in [0.5, 0.6) is 0 Å². The molecule has 0 aliphatic carbocycles. The van der Waals surface area contributed by atoms with Crippen molar-refractivity contribution in [1.29, 1.82) is 0 Å². The standard InChI is InChI=1S/C20H23N3O3S/c1-11(2)23-9-8-14-15(10-23)27-19-16(14)18(24)21-17(22-19)12-4-6-13(7-5-12)20(25)26-3/h4-7,11,17,22H,8-10H2,1-3H3,(H,21,24)/t17-/m0/s1. The molecule has 3 heterocycles. The molecule has 0 radical (unpaired) electrons. The molecule has 1 aromatic heterocycles. The lowest BCUT2D eigenvalue weighted by Crippen LogP contribution is -2.39. The van der Waals surface area contributed by atoms with Crippen molar-refractivity contribution in [2.75, 3.05) is 19.0 Å². The molecule has 2 aromatic rings. The van der Waals surface area contributed by atoms with Crippen LogP contribution in [0.2, 0.25) is 0 Å². The van der Waals surface area contributed by atoms with Crippen LogP contribution >= 0.6 is 11.3 Å². The summed E-state index contributed by atoms with van der Waals surface area (Å²) in [4.78, 5) is 28.1. The van der Waals surface area contributed by atoms with Gasteiger partial charge in [0.05, 0.1) is 18.2 Å². The molecule has 0 saturated heterocycles. The van der Waals surface area contributed by atoms with Gasteiger partial charge in [0.2, 0.25) is 0 Å². The Morgan fingerprint density at radius 1 is 1.26 bits per heavy atom. The summed E-state index contributed by atoms with van der Waals surface area (Å²) in [5.41, 5.74) is 3.39. The number of nitrogens with one attached hydrogen (secondary N) is 2. The molecule has 142 valence electrons. The Bertz CT molecular complexity index is 889. The summed E-state index contributed by atoms with van der Waals surface area (Å²) < 4.78 is 4.73. The fourth-order valence-corrected chi connectivity index (χ4v) is 4.97. The third-order valence-corrected chi connectivity index (χ3v) is 6.41. The number of nitrogens with zero attached hydrogens (tertiary/aromatic N) is 1. The lowest BCUT2D eigenvalue weighted by molar-refractivity contribution is 0.0600. The third-order valence-electron chi connectivity index (χ3n) is 5.26. The van der Waals surface area contributed by atoms with E-state index in [2.05, 4.69) is 29.4 Å². The maximum Gasteiger partial charge on any atom is 0.337 e. The Kier molecular flexibility index (Phi) is 4.65. The minimum Gasteiger partial charge on any atom is -0.465 e. The zero-order valence-corrected chi connectivity index (χ0v) is 16.5. The second-order valence-electron chi connectivity index (χ2n) is 7.19. The van der Waals surface area contributed by atoms with E-state index in [-0.39, 0.29) is 18.0 Å². The number of anilines is 1. The molecule has 2 aliphatic rings. The van der Waals surface area contributed by atoms with Crippen LogP contribution in [0.3, 0.4) is 0 Å². The molecule has 7 heteroatoms. The van der Waals surface area contributed by atoms with Crippen LogP contribution in [0.15, 0.2) is 24.3 Å². The molecule has 0 fully saturated rings. The van der Waals surface area contributed by atoms with Gasteiger partial charge in [0, 0.05) is 24.0 Å². The molecular weight excluding hydrogens is 362 g/mol. The number of benzene rings is 1. The molecule has 4 rings (SSSR count). The quantitative estimate of drug-likeness (QED) is 0.795. The number of carbonyl (C=O) groups excluding carboxylic acids is 2. The van der Waals surface area contributed by atoms with Crippen molar-refractivity contribution in [2.45, 2.75) is 39.0 Å². The third kappa shape index (κ3) is 3.21. The largest absolute Gasteiger partial charge is 0.465 e. The number of ether oxygens (including phenoxy) is 1. The average molecular weight is 385 g/mol. The van der Waals surface area contributed by atoms with Crippen LogP contribution in [-0.4, -0.2) is 36.5 Å². The van der Waals surface area contributed by atoms with Crippen LogP contribution in [0.1, 0.15) is 56.7 Å². The number of thiophene rings is 1. The number of fused-ring (bicyclic) bond motifs is 3. The lowest BCUT2D eigenvalue weighted by atomic mass is 9.99. The van der Waals surface area contributed by atoms with E-state index in [0.717, 1.165) is 35.6 Å². The molecule has 0 unspecified atom stereocenters. The maximum absolute atomic E-state index is 12.8. The average Bonchev–Trinajstić information content (AvgIpc) is 3.05. The molecule has 0 saturated carbocycles. The van der Waals surface area contributed by atoms with E-state index in [4.69, 9.17) is 4.74 Å². The smallest absolute Gasteiger partial charge is 0.337 e. The number of hydrogen-bond donors (Lipinski definition) is 2. The molecule has 2 N–H and O–H groups in total. The maximum atomic E-state index is 12.8. The van der Waals surface area contributed by atoms with E-state index in [1.807, 2.05) is 12.1 Å². The van der Waals surface area contributed by atoms with Gasteiger partial charge in [-0.1, -0.05) is 12.1 Å². The van der Waals surface area contributed by atoms with Gasteiger partial charge in [-0.05, 0) is 43.5 Å². The first-order chi connectivity index (χ1) is 13.0. The highest BCUT2D eigenvalue weighted by molar-refractivity contribution is 7.16. The van der Waals surface area contributed by atoms with Crippen molar-refractivity contribution in [3.63, 3.8) is 0 Å². The van der Waals surface area contributed by atoms with Crippen LogP contribution < -0.4 is 10.6 Å². The number of rotatable bonds is 3. The van der Waals surface area contributed by atoms with E-state index in [0.29, 0.717) is 11.6 Å². The van der Waals surface area contributed by atoms with Gasteiger partial charge >= 0.3 is 5.97 Å². The molecule has 1 atom stereocenters. The van der Waals surface area contributed by atoms with Crippen molar-refractivity contribution in [1.82, 2.24) is 10.2 Å². The number of amides is 1. The first kappa shape index (κ1) is 18.0. The number of carbonyl (C=O) groups is 2. The Morgan fingerprint density at radius 3 is 2.67 bits per heavy atom. The summed E-state index contributed by atoms with van der Waals surface area (Å²) in [7, 11) is 1.36. The fraction of sp³-hybridized carbons (Fsp3) is 0.400. The monoisotopic (exact) mass is 385 g/mol. The van der Waals surface area contributed by atoms with Crippen molar-refractivity contribution in [3.05, 3.63) is 51.4 Å². The normalized spacial score (nSPS) is 19.1. The Morgan fingerprint density at radius 2 is 2.00 bits per heavy atom. The van der Waals surface area contributed by atoms with Crippen molar-refractivity contribution in [2.24, 2.45) is 0 Å². The van der Waals surface area contributed by atoms with Gasteiger partial charge in [-0.3, -0.25) is 9.69 Å². The zero-order valence-electron chi connectivity index (χ0n) is 15.7. The van der Waals surface area contributed by atoms with Crippen molar-refractivity contribution < 1.29 is 14.3 Å². The Hall–Kier alpha value is -2.38. The summed E-state index contributed by atoms with van der Waals surface area (Å²) in [6, 6.07) is 7.60. The van der Waals surface area contributed by atoms with E-state index >= 15 is 0 Å². The predicted octanol–water partition coefficient (Wildman–Crippen LogP) is 3.16. The summed E-state index contributed by atoms with van der Waals surface area (Å²) in [6.45, 7) is 6.30. The van der Waals surface area contributed by atoms with Crippen LogP contribution in [0.25, 0.3) is 0 Å². The minimum atomic E-state index is -0.370. The first-order valence-corrected chi connectivity index (χ1v) is 9.94. The molecule has 1 aromatic carbocycles. The fourth-order valence-electron chi connectivity index (χ4n) is 3.67. The molecule has 27 heavy (non-hydrogen) atoms. The topological polar surface area (TPSA) is 70.7 Å². The van der Waals surface area contributed by atoms with Gasteiger partial charge < -0.3 is 15.4 Å². The molecule has 1 amide bonds. The Balaban J connectivity index is 1.59. The van der Waals surface area contributed by atoms with Gasteiger partial charge in [-0.25, -0.2) is 4.79 Å². The highest BCUT2D eigenvalue weighted by Gasteiger charge is 2.33. The molecule has 6 nitrogen and oxygen atoms in total. The first-order valence-electron chi connectivity index (χ1n) is 9.12. The van der Waals surface area contributed by atoms with Gasteiger partial charge in [0.1, 0.15) is 11.2 Å². The highest BCUT2D eigenvalue weighted by atomic mass is 32.1. The van der Waals surface area contributed by atoms with E-state index < -0.39 is 0 Å². The summed E-state index contributed by atoms with van der Waals surface area (Å²) in [5.74, 6) is -0.397. The molecule has 2 aliphatic heterocycles. The predicted molar refractivity (Wildman–Crippen MR) is 105 cm³/mol. The summed E-state index contributed by atoms with van der Waals surface area (Å²) in [5, 5.41) is 7.45. The Labute approximate surface area is 162 Å². The number of hydrogen-bond acceptors (Lipinski definition) is 6. The summed E-state index contributed by atoms with van der Waals surface area (Å²) in [6.07, 6.45) is 0.602. The number of esters is 1.